The summed E-state index contributed by atoms with van der Waals surface area (Å²) in [6.07, 6.45) is 1.58. The van der Waals surface area contributed by atoms with Crippen LogP contribution in [0.5, 0.6) is 0 Å². The third-order valence-electron chi connectivity index (χ3n) is 5.66. The monoisotopic (exact) mass is 463 g/mol. The average Bonchev–Trinajstić information content (AvgIpc) is 2.73. The van der Waals surface area contributed by atoms with Crippen LogP contribution in [0.1, 0.15) is 32.0 Å². The molecular formula is C22H30FN5O3S. The van der Waals surface area contributed by atoms with E-state index >= 15 is 4.39 Å². The van der Waals surface area contributed by atoms with Gasteiger partial charge in [0, 0.05) is 54.9 Å². The Labute approximate surface area is 188 Å². The lowest BCUT2D eigenvalue weighted by Gasteiger charge is -2.43. The molecule has 1 aliphatic heterocycles. The van der Waals surface area contributed by atoms with Crippen LogP contribution in [0.2, 0.25) is 0 Å². The van der Waals surface area contributed by atoms with Crippen molar-refractivity contribution in [3.05, 3.63) is 53.6 Å². The maximum Gasteiger partial charge on any atom is 0.323 e. The third kappa shape index (κ3) is 5.62. The highest BCUT2D eigenvalue weighted by molar-refractivity contribution is 7.89. The molecule has 0 radical (unpaired) electrons. The molecular weight excluding hydrogens is 433 g/mol. The number of aryl methyl sites for hydroxylation is 1. The van der Waals surface area contributed by atoms with Crippen molar-refractivity contribution in [2.45, 2.75) is 46.3 Å². The first-order valence-corrected chi connectivity index (χ1v) is 12.2. The van der Waals surface area contributed by atoms with E-state index in [1.54, 1.807) is 37.4 Å². The number of benzene rings is 1. The van der Waals surface area contributed by atoms with E-state index < -0.39 is 21.9 Å². The van der Waals surface area contributed by atoms with Crippen molar-refractivity contribution in [1.82, 2.24) is 14.2 Å². The summed E-state index contributed by atoms with van der Waals surface area (Å²) in [5, 5.41) is 5.23. The average molecular weight is 464 g/mol. The van der Waals surface area contributed by atoms with Crippen molar-refractivity contribution < 1.29 is 17.6 Å². The lowest BCUT2D eigenvalue weighted by Crippen LogP contribution is -2.57. The van der Waals surface area contributed by atoms with Crippen molar-refractivity contribution in [3.8, 4) is 0 Å². The van der Waals surface area contributed by atoms with Gasteiger partial charge in [0.25, 0.3) is 0 Å². The molecule has 0 saturated carbocycles. The first kappa shape index (κ1) is 24.1. The molecule has 10 heteroatoms. The smallest absolute Gasteiger partial charge is 0.308 e. The molecule has 1 aromatic heterocycles. The van der Waals surface area contributed by atoms with Crippen molar-refractivity contribution in [1.29, 1.82) is 0 Å². The Hall–Kier alpha value is -2.56. The molecule has 174 valence electrons. The number of nitrogens with zero attached hydrogens (tertiary/aromatic N) is 3. The van der Waals surface area contributed by atoms with Crippen molar-refractivity contribution in [2.24, 2.45) is 0 Å². The lowest BCUT2D eigenvalue weighted by atomic mass is 10.1. The summed E-state index contributed by atoms with van der Waals surface area (Å²) < 4.78 is 41.2. The van der Waals surface area contributed by atoms with Gasteiger partial charge < -0.3 is 10.6 Å². The number of piperazine rings is 1. The standard InChI is InChI=1S/C22H30FN5O3S/c1-5-32(30,31)27-12-16(3)28(17(4)13-27)14-18-7-6-8-20(21(18)23)26-22(29)25-19-9-10-24-15(2)11-19/h6-11,16-17H,5,12-14H2,1-4H3,(H2,24,25,26,29)/t16-,17+. The maximum atomic E-state index is 15.2. The van der Waals surface area contributed by atoms with E-state index in [1.807, 2.05) is 20.8 Å². The van der Waals surface area contributed by atoms with Crippen LogP contribution in [0, 0.1) is 12.7 Å². The van der Waals surface area contributed by atoms with Gasteiger partial charge in [-0.15, -0.1) is 0 Å². The molecule has 1 saturated heterocycles. The minimum Gasteiger partial charge on any atom is -0.308 e. The highest BCUT2D eigenvalue weighted by Gasteiger charge is 2.34. The van der Waals surface area contributed by atoms with Crippen LogP contribution in [-0.4, -0.2) is 59.6 Å². The Morgan fingerprint density at radius 3 is 2.50 bits per heavy atom. The first-order valence-electron chi connectivity index (χ1n) is 10.6. The number of carbonyl (C=O) groups is 1. The van der Waals surface area contributed by atoms with Gasteiger partial charge in [0.2, 0.25) is 10.0 Å². The number of aromatic nitrogens is 1. The highest BCUT2D eigenvalue weighted by Crippen LogP contribution is 2.25. The van der Waals surface area contributed by atoms with Gasteiger partial charge in [0.15, 0.2) is 5.82 Å². The Balaban J connectivity index is 1.69. The lowest BCUT2D eigenvalue weighted by molar-refractivity contribution is 0.0690. The number of carbonyl (C=O) groups excluding carboxylic acids is 1. The van der Waals surface area contributed by atoms with Gasteiger partial charge in [-0.25, -0.2) is 17.6 Å². The van der Waals surface area contributed by atoms with E-state index in [-0.39, 0.29) is 23.5 Å². The summed E-state index contributed by atoms with van der Waals surface area (Å²) in [6.45, 7) is 8.38. The molecule has 1 fully saturated rings. The highest BCUT2D eigenvalue weighted by atomic mass is 32.2. The summed E-state index contributed by atoms with van der Waals surface area (Å²) in [5.41, 5.74) is 1.84. The van der Waals surface area contributed by atoms with Crippen LogP contribution in [0.3, 0.4) is 0 Å². The molecule has 2 N–H and O–H groups in total. The SMILES string of the molecule is CCS(=O)(=O)N1C[C@@H](C)N(Cc2cccc(NC(=O)Nc3ccnc(C)c3)c2F)[C@@H](C)C1. The van der Waals surface area contributed by atoms with Gasteiger partial charge in [0.1, 0.15) is 0 Å². The summed E-state index contributed by atoms with van der Waals surface area (Å²) in [6, 6.07) is 7.55. The van der Waals surface area contributed by atoms with E-state index in [2.05, 4.69) is 20.5 Å². The van der Waals surface area contributed by atoms with Crippen LogP contribution >= 0.6 is 0 Å². The number of rotatable bonds is 6. The van der Waals surface area contributed by atoms with Crippen molar-refractivity contribution in [2.75, 3.05) is 29.5 Å². The zero-order valence-electron chi connectivity index (χ0n) is 18.8. The number of nitrogens with one attached hydrogen (secondary N) is 2. The third-order valence-corrected chi connectivity index (χ3v) is 7.48. The van der Waals surface area contributed by atoms with Gasteiger partial charge >= 0.3 is 6.03 Å². The summed E-state index contributed by atoms with van der Waals surface area (Å²) >= 11 is 0. The number of pyridine rings is 1. The molecule has 2 amide bonds. The summed E-state index contributed by atoms with van der Waals surface area (Å²) in [5.74, 6) is -0.438. The minimum atomic E-state index is -3.27. The number of urea groups is 1. The van der Waals surface area contributed by atoms with E-state index in [0.29, 0.717) is 30.9 Å². The Kier molecular flexibility index (Phi) is 7.47. The fourth-order valence-corrected chi connectivity index (χ4v) is 5.18. The molecule has 1 aromatic carbocycles. The molecule has 0 unspecified atom stereocenters. The topological polar surface area (TPSA) is 94.6 Å². The van der Waals surface area contributed by atoms with Crippen molar-refractivity contribution in [3.63, 3.8) is 0 Å². The predicted molar refractivity (Wildman–Crippen MR) is 124 cm³/mol. The normalized spacial score (nSPS) is 20.2. The molecule has 0 aliphatic carbocycles. The van der Waals surface area contributed by atoms with Gasteiger partial charge in [-0.2, -0.15) is 4.31 Å². The molecule has 2 atom stereocenters. The second-order valence-electron chi connectivity index (χ2n) is 8.13. The zero-order valence-corrected chi connectivity index (χ0v) is 19.6. The molecule has 3 rings (SSSR count). The second kappa shape index (κ2) is 9.93. The van der Waals surface area contributed by atoms with Gasteiger partial charge in [-0.3, -0.25) is 9.88 Å². The van der Waals surface area contributed by atoms with Crippen LogP contribution in [0.25, 0.3) is 0 Å². The fourth-order valence-electron chi connectivity index (χ4n) is 3.93. The molecule has 0 bridgehead atoms. The minimum absolute atomic E-state index is 0.0654. The van der Waals surface area contributed by atoms with Gasteiger partial charge in [-0.1, -0.05) is 12.1 Å². The van der Waals surface area contributed by atoms with Crippen LogP contribution in [0.4, 0.5) is 20.6 Å². The number of halogens is 1. The number of anilines is 2. The molecule has 1 aliphatic rings. The largest absolute Gasteiger partial charge is 0.323 e. The van der Waals surface area contributed by atoms with E-state index in [1.165, 1.54) is 10.4 Å². The summed E-state index contributed by atoms with van der Waals surface area (Å²) in [7, 11) is -3.27. The maximum absolute atomic E-state index is 15.2. The van der Waals surface area contributed by atoms with E-state index in [4.69, 9.17) is 0 Å². The molecule has 8 nitrogen and oxygen atoms in total. The Morgan fingerprint density at radius 2 is 1.88 bits per heavy atom. The van der Waals surface area contributed by atoms with Gasteiger partial charge in [-0.05, 0) is 45.9 Å². The fraction of sp³-hybridized carbons (Fsp3) is 0.455. The number of hydrogen-bond acceptors (Lipinski definition) is 5. The molecule has 0 spiro atoms. The van der Waals surface area contributed by atoms with Crippen LogP contribution in [-0.2, 0) is 16.6 Å². The quantitative estimate of drug-likeness (QED) is 0.685. The molecule has 32 heavy (non-hydrogen) atoms. The van der Waals surface area contributed by atoms with E-state index in [9.17, 15) is 13.2 Å². The number of amides is 2. The van der Waals surface area contributed by atoms with Gasteiger partial charge in [0.05, 0.1) is 11.4 Å². The Morgan fingerprint density at radius 1 is 1.19 bits per heavy atom. The molecule has 2 heterocycles. The van der Waals surface area contributed by atoms with Crippen molar-refractivity contribution >= 4 is 27.4 Å². The second-order valence-corrected chi connectivity index (χ2v) is 10.4. The first-order chi connectivity index (χ1) is 15.1. The summed E-state index contributed by atoms with van der Waals surface area (Å²) in [4.78, 5) is 18.5. The molecule has 2 aromatic rings. The zero-order chi connectivity index (χ0) is 23.5. The predicted octanol–water partition coefficient (Wildman–Crippen LogP) is 3.42. The number of hydrogen-bond donors (Lipinski definition) is 2. The Bertz CT molecular complexity index is 1070. The number of sulfonamides is 1. The van der Waals surface area contributed by atoms with Crippen LogP contribution < -0.4 is 10.6 Å². The van der Waals surface area contributed by atoms with E-state index in [0.717, 1.165) is 5.69 Å². The van der Waals surface area contributed by atoms with Crippen LogP contribution in [0.15, 0.2) is 36.5 Å².